The van der Waals surface area contributed by atoms with E-state index >= 15 is 0 Å². The second kappa shape index (κ2) is 6.36. The molecule has 0 saturated carbocycles. The van der Waals surface area contributed by atoms with Gasteiger partial charge in [0.2, 0.25) is 0 Å². The van der Waals surface area contributed by atoms with E-state index in [1.807, 2.05) is 39.0 Å². The maximum atomic E-state index is 12.6. The van der Waals surface area contributed by atoms with Crippen molar-refractivity contribution in [2.45, 2.75) is 33.7 Å². The Hall–Kier alpha value is -2.07. The van der Waals surface area contributed by atoms with Gasteiger partial charge in [-0.3, -0.25) is 4.79 Å². The van der Waals surface area contributed by atoms with Crippen LogP contribution in [-0.2, 0) is 0 Å². The van der Waals surface area contributed by atoms with E-state index < -0.39 is 0 Å². The molecule has 0 fully saturated rings. The summed E-state index contributed by atoms with van der Waals surface area (Å²) in [6, 6.07) is 9.86. The molecule has 2 rings (SSSR count). The zero-order valence-corrected chi connectivity index (χ0v) is 13.9. The number of carbonyl (C=O) groups excluding carboxylic acids is 1. The number of para-hydroxylation sites is 1. The lowest BCUT2D eigenvalue weighted by atomic mass is 10.2. The third kappa shape index (κ3) is 2.79. The molecule has 1 heterocycles. The fourth-order valence-electron chi connectivity index (χ4n) is 2.68. The molecule has 1 atom stereocenters. The number of aryl methyl sites for hydroxylation is 2. The van der Waals surface area contributed by atoms with Crippen molar-refractivity contribution in [1.29, 1.82) is 0 Å². The van der Waals surface area contributed by atoms with Gasteiger partial charge >= 0.3 is 0 Å². The summed E-state index contributed by atoms with van der Waals surface area (Å²) in [4.78, 5) is 14.2. The molecule has 118 valence electrons. The molecule has 0 aliphatic carbocycles. The monoisotopic (exact) mass is 300 g/mol. The number of likely N-dealkylation sites (N-methyl/N-ethyl adjacent to an activating group) is 1. The van der Waals surface area contributed by atoms with Crippen LogP contribution in [0.1, 0.15) is 34.2 Å². The molecular weight excluding hydrogens is 276 g/mol. The summed E-state index contributed by atoms with van der Waals surface area (Å²) in [6.45, 7) is 7.82. The van der Waals surface area contributed by atoms with Crippen LogP contribution in [0.4, 0.5) is 0 Å². The van der Waals surface area contributed by atoms with Gasteiger partial charge in [0, 0.05) is 24.1 Å². The standard InChI is InChI=1S/C18H24N2O2/c1-12-8-6-7-9-17(12)20-13(2)10-16(15(20)4)18(22)19(5)14(3)11-21/h6-10,14,21H,11H2,1-5H3. The van der Waals surface area contributed by atoms with Crippen molar-refractivity contribution in [3.05, 3.63) is 52.8 Å². The lowest BCUT2D eigenvalue weighted by molar-refractivity contribution is 0.0681. The Kier molecular flexibility index (Phi) is 4.71. The van der Waals surface area contributed by atoms with E-state index in [1.165, 1.54) is 5.56 Å². The molecule has 4 heteroatoms. The van der Waals surface area contributed by atoms with Gasteiger partial charge in [-0.15, -0.1) is 0 Å². The number of benzene rings is 1. The van der Waals surface area contributed by atoms with Gasteiger partial charge in [-0.05, 0) is 45.4 Å². The Labute approximate surface area is 132 Å². The van der Waals surface area contributed by atoms with E-state index in [4.69, 9.17) is 0 Å². The van der Waals surface area contributed by atoms with Gasteiger partial charge in [0.15, 0.2) is 0 Å². The molecule has 0 radical (unpaired) electrons. The first-order valence-corrected chi connectivity index (χ1v) is 7.51. The molecule has 4 nitrogen and oxygen atoms in total. The van der Waals surface area contributed by atoms with E-state index in [0.29, 0.717) is 5.56 Å². The number of aliphatic hydroxyl groups excluding tert-OH is 1. The van der Waals surface area contributed by atoms with E-state index in [-0.39, 0.29) is 18.6 Å². The topological polar surface area (TPSA) is 45.5 Å². The third-order valence-corrected chi connectivity index (χ3v) is 4.26. The molecule has 1 N–H and O–H groups in total. The van der Waals surface area contributed by atoms with Crippen LogP contribution in [0, 0.1) is 20.8 Å². The number of carbonyl (C=O) groups is 1. The van der Waals surface area contributed by atoms with Crippen LogP contribution in [0.3, 0.4) is 0 Å². The van der Waals surface area contributed by atoms with Crippen molar-refractivity contribution in [2.75, 3.05) is 13.7 Å². The highest BCUT2D eigenvalue weighted by Crippen LogP contribution is 2.24. The van der Waals surface area contributed by atoms with Gasteiger partial charge in [-0.2, -0.15) is 0 Å². The van der Waals surface area contributed by atoms with E-state index in [1.54, 1.807) is 11.9 Å². The lowest BCUT2D eigenvalue weighted by Crippen LogP contribution is -2.37. The third-order valence-electron chi connectivity index (χ3n) is 4.26. The number of hydrogen-bond acceptors (Lipinski definition) is 2. The second-order valence-electron chi connectivity index (χ2n) is 5.85. The first kappa shape index (κ1) is 16.3. The molecule has 0 bridgehead atoms. The van der Waals surface area contributed by atoms with Crippen LogP contribution >= 0.6 is 0 Å². The fourth-order valence-corrected chi connectivity index (χ4v) is 2.68. The first-order chi connectivity index (χ1) is 10.4. The SMILES string of the molecule is Cc1ccccc1-n1c(C)cc(C(=O)N(C)C(C)CO)c1C. The molecule has 1 unspecified atom stereocenters. The average molecular weight is 300 g/mol. The van der Waals surface area contributed by atoms with Crippen LogP contribution in [0.25, 0.3) is 5.69 Å². The summed E-state index contributed by atoms with van der Waals surface area (Å²) in [5.74, 6) is -0.0607. The fraction of sp³-hybridized carbons (Fsp3) is 0.389. The van der Waals surface area contributed by atoms with Crippen LogP contribution in [-0.4, -0.2) is 40.2 Å². The average Bonchev–Trinajstić information content (AvgIpc) is 2.80. The van der Waals surface area contributed by atoms with Crippen molar-refractivity contribution < 1.29 is 9.90 Å². The Morgan fingerprint density at radius 3 is 2.50 bits per heavy atom. The quantitative estimate of drug-likeness (QED) is 0.943. The van der Waals surface area contributed by atoms with Gasteiger partial charge in [-0.25, -0.2) is 0 Å². The minimum atomic E-state index is -0.200. The smallest absolute Gasteiger partial charge is 0.255 e. The normalized spacial score (nSPS) is 12.3. The van der Waals surface area contributed by atoms with Crippen molar-refractivity contribution in [2.24, 2.45) is 0 Å². The molecule has 1 aromatic heterocycles. The van der Waals surface area contributed by atoms with Gasteiger partial charge in [0.1, 0.15) is 0 Å². The summed E-state index contributed by atoms with van der Waals surface area (Å²) in [5, 5.41) is 9.25. The Morgan fingerprint density at radius 2 is 1.91 bits per heavy atom. The summed E-state index contributed by atoms with van der Waals surface area (Å²) < 4.78 is 2.11. The first-order valence-electron chi connectivity index (χ1n) is 7.51. The number of amides is 1. The molecule has 2 aromatic rings. The van der Waals surface area contributed by atoms with Gasteiger partial charge in [0.05, 0.1) is 18.2 Å². The van der Waals surface area contributed by atoms with Crippen LogP contribution in [0.15, 0.2) is 30.3 Å². The van der Waals surface area contributed by atoms with E-state index in [2.05, 4.69) is 23.6 Å². The maximum Gasteiger partial charge on any atom is 0.255 e. The minimum Gasteiger partial charge on any atom is -0.394 e. The van der Waals surface area contributed by atoms with Crippen LogP contribution < -0.4 is 0 Å². The van der Waals surface area contributed by atoms with Crippen molar-refractivity contribution in [3.63, 3.8) is 0 Å². The number of aliphatic hydroxyl groups is 1. The number of aromatic nitrogens is 1. The Bertz CT molecular complexity index is 688. The molecule has 0 aliphatic heterocycles. The van der Waals surface area contributed by atoms with Crippen molar-refractivity contribution in [3.8, 4) is 5.69 Å². The highest BCUT2D eigenvalue weighted by atomic mass is 16.3. The largest absolute Gasteiger partial charge is 0.394 e. The van der Waals surface area contributed by atoms with Crippen molar-refractivity contribution >= 4 is 5.91 Å². The van der Waals surface area contributed by atoms with Gasteiger partial charge in [-0.1, -0.05) is 18.2 Å². The Balaban J connectivity index is 2.48. The molecule has 1 amide bonds. The zero-order chi connectivity index (χ0) is 16.4. The molecule has 0 aliphatic rings. The number of rotatable bonds is 4. The lowest BCUT2D eigenvalue weighted by Gasteiger charge is -2.23. The predicted molar refractivity (Wildman–Crippen MR) is 88.6 cm³/mol. The van der Waals surface area contributed by atoms with Crippen LogP contribution in [0.2, 0.25) is 0 Å². The molecule has 0 spiro atoms. The number of nitrogens with zero attached hydrogens (tertiary/aromatic N) is 2. The zero-order valence-electron chi connectivity index (χ0n) is 13.9. The highest BCUT2D eigenvalue weighted by Gasteiger charge is 2.22. The summed E-state index contributed by atoms with van der Waals surface area (Å²) in [5.41, 5.74) is 4.90. The second-order valence-corrected chi connectivity index (χ2v) is 5.85. The predicted octanol–water partition coefficient (Wildman–Crippen LogP) is 2.86. The van der Waals surface area contributed by atoms with E-state index in [0.717, 1.165) is 17.1 Å². The highest BCUT2D eigenvalue weighted by molar-refractivity contribution is 5.96. The minimum absolute atomic E-state index is 0.0429. The molecule has 0 saturated heterocycles. The summed E-state index contributed by atoms with van der Waals surface area (Å²) >= 11 is 0. The van der Waals surface area contributed by atoms with E-state index in [9.17, 15) is 9.90 Å². The summed E-state index contributed by atoms with van der Waals surface area (Å²) in [7, 11) is 1.73. The van der Waals surface area contributed by atoms with Gasteiger partial charge < -0.3 is 14.6 Å². The molecular formula is C18H24N2O2. The summed E-state index contributed by atoms with van der Waals surface area (Å²) in [6.07, 6.45) is 0. The van der Waals surface area contributed by atoms with Crippen LogP contribution in [0.5, 0.6) is 0 Å². The Morgan fingerprint density at radius 1 is 1.27 bits per heavy atom. The maximum absolute atomic E-state index is 12.6. The molecule has 1 aromatic carbocycles. The van der Waals surface area contributed by atoms with Crippen molar-refractivity contribution in [1.82, 2.24) is 9.47 Å². The van der Waals surface area contributed by atoms with Gasteiger partial charge in [0.25, 0.3) is 5.91 Å². The number of hydrogen-bond donors (Lipinski definition) is 1. The molecule has 22 heavy (non-hydrogen) atoms.